The summed E-state index contributed by atoms with van der Waals surface area (Å²) in [4.78, 5) is 27.4. The summed E-state index contributed by atoms with van der Waals surface area (Å²) in [6.07, 6.45) is 7.13. The van der Waals surface area contributed by atoms with Crippen molar-refractivity contribution in [3.8, 4) is 0 Å². The first-order chi connectivity index (χ1) is 12.2. The standard InChI is InChI=1S/C20H18N2O3/c1-2-25-20(24)16-13-17(18(23)14-7-4-3-5-8-14)22-12-10-15-9-6-11-21(15)19(16)22/h3-13,17,19H,2H2,1H3. The predicted molar refractivity (Wildman–Crippen MR) is 93.6 cm³/mol. The molecule has 1 aromatic heterocycles. The number of benzene rings is 1. The van der Waals surface area contributed by atoms with Crippen molar-refractivity contribution in [1.82, 2.24) is 9.47 Å². The van der Waals surface area contributed by atoms with Gasteiger partial charge in [0.25, 0.3) is 0 Å². The van der Waals surface area contributed by atoms with E-state index in [0.717, 1.165) is 5.69 Å². The molecule has 0 fully saturated rings. The minimum Gasteiger partial charge on any atom is -0.463 e. The molecular weight excluding hydrogens is 316 g/mol. The Bertz CT molecular complexity index is 879. The van der Waals surface area contributed by atoms with Crippen molar-refractivity contribution >= 4 is 17.8 Å². The van der Waals surface area contributed by atoms with Gasteiger partial charge in [-0.2, -0.15) is 0 Å². The number of carbonyl (C=O) groups is 2. The molecule has 5 nitrogen and oxygen atoms in total. The number of nitrogens with zero attached hydrogens (tertiary/aromatic N) is 2. The van der Waals surface area contributed by atoms with Crippen LogP contribution in [0.2, 0.25) is 0 Å². The van der Waals surface area contributed by atoms with E-state index in [-0.39, 0.29) is 17.9 Å². The third-order valence-corrected chi connectivity index (χ3v) is 4.55. The van der Waals surface area contributed by atoms with Gasteiger partial charge in [0.05, 0.1) is 12.2 Å². The fourth-order valence-corrected chi connectivity index (χ4v) is 3.43. The number of hydrogen-bond donors (Lipinski definition) is 0. The van der Waals surface area contributed by atoms with Crippen LogP contribution in [0.5, 0.6) is 0 Å². The Balaban J connectivity index is 1.76. The second kappa shape index (κ2) is 6.09. The zero-order valence-corrected chi connectivity index (χ0v) is 13.8. The molecule has 4 rings (SSSR count). The smallest absolute Gasteiger partial charge is 0.337 e. The summed E-state index contributed by atoms with van der Waals surface area (Å²) in [5, 5.41) is 0. The first kappa shape index (κ1) is 15.4. The molecule has 2 aromatic rings. The Kier molecular flexibility index (Phi) is 3.76. The molecule has 3 heterocycles. The molecule has 0 saturated carbocycles. The van der Waals surface area contributed by atoms with Crippen molar-refractivity contribution in [2.45, 2.75) is 19.1 Å². The number of Topliss-reactive ketones (excluding diaryl/α,β-unsaturated/α-hetero) is 1. The molecule has 0 radical (unpaired) electrons. The summed E-state index contributed by atoms with van der Waals surface area (Å²) in [6.45, 7) is 2.08. The lowest BCUT2D eigenvalue weighted by atomic mass is 10.0. The van der Waals surface area contributed by atoms with Crippen molar-refractivity contribution in [2.75, 3.05) is 6.61 Å². The van der Waals surface area contributed by atoms with Crippen LogP contribution in [-0.4, -0.2) is 33.9 Å². The number of fused-ring (bicyclic) bond motifs is 3. The first-order valence-electron chi connectivity index (χ1n) is 8.31. The van der Waals surface area contributed by atoms with Crippen LogP contribution in [0.4, 0.5) is 0 Å². The van der Waals surface area contributed by atoms with Crippen LogP contribution in [0, 0.1) is 0 Å². The Morgan fingerprint density at radius 1 is 1.12 bits per heavy atom. The van der Waals surface area contributed by atoms with E-state index in [1.165, 1.54) is 0 Å². The molecule has 2 unspecified atom stereocenters. The van der Waals surface area contributed by atoms with Crippen molar-refractivity contribution in [3.05, 3.63) is 77.8 Å². The number of esters is 1. The van der Waals surface area contributed by atoms with E-state index in [1.807, 2.05) is 58.3 Å². The lowest BCUT2D eigenvalue weighted by Crippen LogP contribution is -2.38. The van der Waals surface area contributed by atoms with Gasteiger partial charge >= 0.3 is 5.97 Å². The highest BCUT2D eigenvalue weighted by Gasteiger charge is 2.42. The van der Waals surface area contributed by atoms with Gasteiger partial charge in [-0.25, -0.2) is 4.79 Å². The molecule has 25 heavy (non-hydrogen) atoms. The lowest BCUT2D eigenvalue weighted by Gasteiger charge is -2.34. The average Bonchev–Trinajstić information content (AvgIpc) is 3.26. The molecule has 0 saturated heterocycles. The monoisotopic (exact) mass is 334 g/mol. The lowest BCUT2D eigenvalue weighted by molar-refractivity contribution is -0.139. The van der Waals surface area contributed by atoms with E-state index in [9.17, 15) is 9.59 Å². The quantitative estimate of drug-likeness (QED) is 0.637. The van der Waals surface area contributed by atoms with Gasteiger partial charge in [0, 0.05) is 23.7 Å². The Morgan fingerprint density at radius 2 is 1.92 bits per heavy atom. The van der Waals surface area contributed by atoms with Crippen molar-refractivity contribution in [2.24, 2.45) is 0 Å². The highest BCUT2D eigenvalue weighted by Crippen LogP contribution is 2.38. The van der Waals surface area contributed by atoms with Crippen molar-refractivity contribution < 1.29 is 14.3 Å². The summed E-state index contributed by atoms with van der Waals surface area (Å²) in [6, 6.07) is 12.5. The van der Waals surface area contributed by atoms with E-state index < -0.39 is 6.04 Å². The zero-order valence-electron chi connectivity index (χ0n) is 13.8. The van der Waals surface area contributed by atoms with Crippen LogP contribution in [0.15, 0.2) is 66.5 Å². The molecule has 0 N–H and O–H groups in total. The van der Waals surface area contributed by atoms with Crippen LogP contribution in [0.1, 0.15) is 29.1 Å². The fraction of sp³-hybridized carbons (Fsp3) is 0.200. The Labute approximate surface area is 145 Å². The van der Waals surface area contributed by atoms with Gasteiger partial charge < -0.3 is 14.2 Å². The molecule has 2 aliphatic heterocycles. The maximum atomic E-state index is 13.0. The number of carbonyl (C=O) groups excluding carboxylic acids is 2. The van der Waals surface area contributed by atoms with E-state index >= 15 is 0 Å². The van der Waals surface area contributed by atoms with E-state index in [2.05, 4.69) is 0 Å². The zero-order chi connectivity index (χ0) is 17.4. The Morgan fingerprint density at radius 3 is 2.68 bits per heavy atom. The summed E-state index contributed by atoms with van der Waals surface area (Å²) < 4.78 is 7.20. The topological polar surface area (TPSA) is 51.5 Å². The van der Waals surface area contributed by atoms with Gasteiger partial charge in [0.15, 0.2) is 5.78 Å². The SMILES string of the molecule is CCOC(=O)C1=CC(C(=O)c2ccccc2)N2C=Cc3cccn3C12. The number of ketones is 1. The van der Waals surface area contributed by atoms with Crippen LogP contribution in [-0.2, 0) is 9.53 Å². The maximum Gasteiger partial charge on any atom is 0.337 e. The molecule has 126 valence electrons. The number of rotatable bonds is 4. The van der Waals surface area contributed by atoms with Crippen LogP contribution < -0.4 is 0 Å². The molecule has 2 aliphatic rings. The van der Waals surface area contributed by atoms with Gasteiger partial charge in [-0.05, 0) is 31.2 Å². The van der Waals surface area contributed by atoms with Crippen LogP contribution in [0.25, 0.3) is 6.08 Å². The molecule has 0 bridgehead atoms. The normalized spacial score (nSPS) is 20.7. The van der Waals surface area contributed by atoms with Gasteiger partial charge in [-0.1, -0.05) is 30.3 Å². The summed E-state index contributed by atoms with van der Waals surface area (Å²) in [5.41, 5.74) is 2.11. The number of ether oxygens (including phenoxy) is 1. The molecule has 0 spiro atoms. The third kappa shape index (κ3) is 2.48. The van der Waals surface area contributed by atoms with E-state index in [4.69, 9.17) is 4.74 Å². The molecule has 2 atom stereocenters. The van der Waals surface area contributed by atoms with E-state index in [1.54, 1.807) is 25.1 Å². The fourth-order valence-electron chi connectivity index (χ4n) is 3.43. The van der Waals surface area contributed by atoms with Crippen molar-refractivity contribution in [1.29, 1.82) is 0 Å². The van der Waals surface area contributed by atoms with Crippen LogP contribution in [0.3, 0.4) is 0 Å². The second-order valence-corrected chi connectivity index (χ2v) is 5.99. The summed E-state index contributed by atoms with van der Waals surface area (Å²) >= 11 is 0. The van der Waals surface area contributed by atoms with Crippen LogP contribution >= 0.6 is 0 Å². The molecule has 0 amide bonds. The minimum atomic E-state index is -0.529. The Hall–Kier alpha value is -3.08. The van der Waals surface area contributed by atoms with Gasteiger partial charge in [-0.3, -0.25) is 4.79 Å². The van der Waals surface area contributed by atoms with Crippen molar-refractivity contribution in [3.63, 3.8) is 0 Å². The molecule has 5 heteroatoms. The number of aromatic nitrogens is 1. The predicted octanol–water partition coefficient (Wildman–Crippen LogP) is 3.03. The van der Waals surface area contributed by atoms with E-state index in [0.29, 0.717) is 17.7 Å². The third-order valence-electron chi connectivity index (χ3n) is 4.55. The number of hydrogen-bond acceptors (Lipinski definition) is 4. The largest absolute Gasteiger partial charge is 0.463 e. The molecule has 0 aliphatic carbocycles. The van der Waals surface area contributed by atoms with Gasteiger partial charge in [0.2, 0.25) is 0 Å². The average molecular weight is 334 g/mol. The highest BCUT2D eigenvalue weighted by molar-refractivity contribution is 6.04. The highest BCUT2D eigenvalue weighted by atomic mass is 16.5. The second-order valence-electron chi connectivity index (χ2n) is 5.99. The maximum absolute atomic E-state index is 13.0. The summed E-state index contributed by atoms with van der Waals surface area (Å²) in [7, 11) is 0. The van der Waals surface area contributed by atoms with Gasteiger partial charge in [-0.15, -0.1) is 0 Å². The molecular formula is C20H18N2O3. The van der Waals surface area contributed by atoms with Gasteiger partial charge in [0.1, 0.15) is 12.2 Å². The molecule has 1 aromatic carbocycles. The first-order valence-corrected chi connectivity index (χ1v) is 8.31. The minimum absolute atomic E-state index is 0.0369. The summed E-state index contributed by atoms with van der Waals surface area (Å²) in [5.74, 6) is -0.416.